The van der Waals surface area contributed by atoms with Gasteiger partial charge in [0.1, 0.15) is 5.69 Å². The van der Waals surface area contributed by atoms with Gasteiger partial charge in [0.25, 0.3) is 0 Å². The van der Waals surface area contributed by atoms with Gasteiger partial charge in [0, 0.05) is 12.1 Å². The van der Waals surface area contributed by atoms with E-state index < -0.39 is 0 Å². The fourth-order valence-corrected chi connectivity index (χ4v) is 0.896. The molecule has 0 radical (unpaired) electrons. The molecule has 2 nitrogen and oxygen atoms in total. The molecule has 52 valence electrons. The van der Waals surface area contributed by atoms with E-state index in [1.165, 1.54) is 0 Å². The second-order valence-corrected chi connectivity index (χ2v) is 2.07. The largest absolute Gasteiger partial charge is 0.296 e. The molecular formula is C7H6ClNO. The van der Waals surface area contributed by atoms with Crippen LogP contribution in [0.3, 0.4) is 0 Å². The molecule has 0 amide bonds. The van der Waals surface area contributed by atoms with Crippen molar-refractivity contribution in [3.8, 4) is 0 Å². The molecule has 3 heteroatoms. The van der Waals surface area contributed by atoms with E-state index in [1.54, 1.807) is 18.3 Å². The molecule has 0 saturated heterocycles. The first-order valence-corrected chi connectivity index (χ1v) is 3.37. The van der Waals surface area contributed by atoms with Crippen LogP contribution < -0.4 is 0 Å². The minimum Gasteiger partial charge on any atom is -0.296 e. The Balaban J connectivity index is 3.08. The molecule has 0 aliphatic rings. The van der Waals surface area contributed by atoms with Crippen molar-refractivity contribution in [2.75, 3.05) is 0 Å². The van der Waals surface area contributed by atoms with E-state index in [9.17, 15) is 4.79 Å². The van der Waals surface area contributed by atoms with Gasteiger partial charge in [-0.05, 0) is 11.6 Å². The normalized spacial score (nSPS) is 9.30. The van der Waals surface area contributed by atoms with Crippen molar-refractivity contribution in [3.05, 3.63) is 29.6 Å². The van der Waals surface area contributed by atoms with Gasteiger partial charge in [-0.1, -0.05) is 6.07 Å². The molecule has 0 aliphatic heterocycles. The van der Waals surface area contributed by atoms with Gasteiger partial charge in [0.05, 0.1) is 0 Å². The second kappa shape index (κ2) is 3.32. The molecule has 0 aromatic carbocycles. The summed E-state index contributed by atoms with van der Waals surface area (Å²) in [6, 6.07) is 3.54. The van der Waals surface area contributed by atoms with Gasteiger partial charge in [0.2, 0.25) is 0 Å². The Kier molecular flexibility index (Phi) is 2.40. The van der Waals surface area contributed by atoms with Gasteiger partial charge in [0.15, 0.2) is 6.29 Å². The number of rotatable bonds is 2. The number of carbonyl (C=O) groups is 1. The Morgan fingerprint density at radius 2 is 2.50 bits per heavy atom. The van der Waals surface area contributed by atoms with Gasteiger partial charge in [-0.15, -0.1) is 11.6 Å². The molecule has 0 fully saturated rings. The van der Waals surface area contributed by atoms with Gasteiger partial charge in [-0.25, -0.2) is 0 Å². The maximum absolute atomic E-state index is 10.3. The summed E-state index contributed by atoms with van der Waals surface area (Å²) in [5.41, 5.74) is 1.21. The average Bonchev–Trinajstić information content (AvgIpc) is 2.04. The van der Waals surface area contributed by atoms with Crippen molar-refractivity contribution in [3.63, 3.8) is 0 Å². The van der Waals surface area contributed by atoms with Crippen LogP contribution in [0.5, 0.6) is 0 Å². The van der Waals surface area contributed by atoms with E-state index in [1.807, 2.05) is 0 Å². The lowest BCUT2D eigenvalue weighted by molar-refractivity contribution is 0.111. The molecule has 0 unspecified atom stereocenters. The summed E-state index contributed by atoms with van der Waals surface area (Å²) >= 11 is 5.51. The van der Waals surface area contributed by atoms with E-state index in [2.05, 4.69) is 4.98 Å². The molecule has 1 aromatic rings. The number of aldehydes is 1. The first-order valence-electron chi connectivity index (χ1n) is 2.83. The fraction of sp³-hybridized carbons (Fsp3) is 0.143. The molecule has 1 aromatic heterocycles. The van der Waals surface area contributed by atoms with Gasteiger partial charge in [-0.2, -0.15) is 0 Å². The Hall–Kier alpha value is -0.890. The number of hydrogen-bond donors (Lipinski definition) is 0. The number of aromatic nitrogens is 1. The smallest absolute Gasteiger partial charge is 0.168 e. The summed E-state index contributed by atoms with van der Waals surface area (Å²) in [5.74, 6) is 0.335. The van der Waals surface area contributed by atoms with Crippen molar-refractivity contribution >= 4 is 17.9 Å². The van der Waals surface area contributed by atoms with Crippen molar-refractivity contribution in [1.82, 2.24) is 4.98 Å². The Bertz CT molecular complexity index is 237. The van der Waals surface area contributed by atoms with Crippen molar-refractivity contribution in [2.45, 2.75) is 5.88 Å². The number of halogens is 1. The third kappa shape index (κ3) is 1.33. The topological polar surface area (TPSA) is 30.0 Å². The number of alkyl halides is 1. The highest BCUT2D eigenvalue weighted by Gasteiger charge is 1.97. The van der Waals surface area contributed by atoms with Gasteiger partial charge < -0.3 is 0 Å². The van der Waals surface area contributed by atoms with Crippen molar-refractivity contribution < 1.29 is 4.79 Å². The molecule has 0 atom stereocenters. The highest BCUT2D eigenvalue weighted by atomic mass is 35.5. The van der Waals surface area contributed by atoms with Gasteiger partial charge >= 0.3 is 0 Å². The summed E-state index contributed by atoms with van der Waals surface area (Å²) in [6.45, 7) is 0. The van der Waals surface area contributed by atoms with Gasteiger partial charge in [-0.3, -0.25) is 9.78 Å². The van der Waals surface area contributed by atoms with Crippen LogP contribution in [0.25, 0.3) is 0 Å². The molecule has 0 saturated carbocycles. The zero-order valence-corrected chi connectivity index (χ0v) is 6.01. The minimum absolute atomic E-state index is 0.335. The third-order valence-electron chi connectivity index (χ3n) is 1.18. The lowest BCUT2D eigenvalue weighted by atomic mass is 10.2. The highest BCUT2D eigenvalue weighted by Crippen LogP contribution is 2.05. The summed E-state index contributed by atoms with van der Waals surface area (Å²) < 4.78 is 0. The van der Waals surface area contributed by atoms with Crippen LogP contribution in [0.1, 0.15) is 16.1 Å². The van der Waals surface area contributed by atoms with Crippen LogP contribution >= 0.6 is 11.6 Å². The zero-order valence-electron chi connectivity index (χ0n) is 5.25. The van der Waals surface area contributed by atoms with E-state index in [4.69, 9.17) is 11.6 Å². The fourth-order valence-electron chi connectivity index (χ4n) is 0.670. The standard InChI is InChI=1S/C7H6ClNO/c8-4-6-2-1-3-9-7(6)5-10/h1-3,5H,4H2. The molecular weight excluding hydrogens is 150 g/mol. The van der Waals surface area contributed by atoms with Crippen LogP contribution in [0.15, 0.2) is 18.3 Å². The van der Waals surface area contributed by atoms with Crippen molar-refractivity contribution in [1.29, 1.82) is 0 Å². The molecule has 0 spiro atoms. The molecule has 0 N–H and O–H groups in total. The van der Waals surface area contributed by atoms with E-state index in [0.717, 1.165) is 5.56 Å². The number of pyridine rings is 1. The predicted octanol–water partition coefficient (Wildman–Crippen LogP) is 1.63. The minimum atomic E-state index is 0.335. The second-order valence-electron chi connectivity index (χ2n) is 1.80. The van der Waals surface area contributed by atoms with E-state index in [0.29, 0.717) is 17.9 Å². The van der Waals surface area contributed by atoms with Crippen LogP contribution in [-0.2, 0) is 5.88 Å². The third-order valence-corrected chi connectivity index (χ3v) is 1.47. The lowest BCUT2D eigenvalue weighted by Gasteiger charge is -1.95. The highest BCUT2D eigenvalue weighted by molar-refractivity contribution is 6.17. The van der Waals surface area contributed by atoms with Crippen LogP contribution in [0, 0.1) is 0 Å². The van der Waals surface area contributed by atoms with Crippen molar-refractivity contribution in [2.24, 2.45) is 0 Å². The van der Waals surface area contributed by atoms with E-state index >= 15 is 0 Å². The molecule has 1 rings (SSSR count). The SMILES string of the molecule is O=Cc1ncccc1CCl. The number of carbonyl (C=O) groups excluding carboxylic acids is 1. The zero-order chi connectivity index (χ0) is 7.40. The Morgan fingerprint density at radius 1 is 1.70 bits per heavy atom. The molecule has 1 heterocycles. The summed E-state index contributed by atoms with van der Waals surface area (Å²) in [5, 5.41) is 0. The van der Waals surface area contributed by atoms with Crippen LogP contribution in [0.4, 0.5) is 0 Å². The summed E-state index contributed by atoms with van der Waals surface area (Å²) in [7, 11) is 0. The molecule has 0 aliphatic carbocycles. The molecule has 0 bridgehead atoms. The Morgan fingerprint density at radius 3 is 3.00 bits per heavy atom. The van der Waals surface area contributed by atoms with E-state index in [-0.39, 0.29) is 0 Å². The maximum Gasteiger partial charge on any atom is 0.168 e. The predicted molar refractivity (Wildman–Crippen MR) is 39.2 cm³/mol. The monoisotopic (exact) mass is 155 g/mol. The summed E-state index contributed by atoms with van der Waals surface area (Å²) in [4.78, 5) is 14.1. The average molecular weight is 156 g/mol. The van der Waals surface area contributed by atoms with Crippen LogP contribution in [-0.4, -0.2) is 11.3 Å². The molecule has 10 heavy (non-hydrogen) atoms. The first kappa shape index (κ1) is 7.22. The van der Waals surface area contributed by atoms with Crippen LogP contribution in [0.2, 0.25) is 0 Å². The summed E-state index contributed by atoms with van der Waals surface area (Å²) in [6.07, 6.45) is 2.28. The quantitative estimate of drug-likeness (QED) is 0.480. The first-order chi connectivity index (χ1) is 4.88. The number of nitrogens with zero attached hydrogens (tertiary/aromatic N) is 1. The number of hydrogen-bond acceptors (Lipinski definition) is 2. The maximum atomic E-state index is 10.3. The Labute approximate surface area is 63.8 Å². The lowest BCUT2D eigenvalue weighted by Crippen LogP contribution is -1.91.